The molecule has 0 amide bonds. The lowest BCUT2D eigenvalue weighted by molar-refractivity contribution is -0.0285. The molecule has 0 spiro atoms. The van der Waals surface area contributed by atoms with E-state index >= 15 is 0 Å². The van der Waals surface area contributed by atoms with E-state index < -0.39 is 0 Å². The molecular weight excluding hydrogens is 116 g/mol. The first-order valence-corrected chi connectivity index (χ1v) is 3.60. The molecule has 1 aliphatic rings. The van der Waals surface area contributed by atoms with Crippen molar-refractivity contribution in [3.05, 3.63) is 0 Å². The van der Waals surface area contributed by atoms with E-state index in [1.165, 1.54) is 0 Å². The highest BCUT2D eigenvalue weighted by molar-refractivity contribution is 4.82. The molecule has 54 valence electrons. The summed E-state index contributed by atoms with van der Waals surface area (Å²) in [6.45, 7) is 1.97. The van der Waals surface area contributed by atoms with Crippen LogP contribution in [-0.2, 0) is 0 Å². The molecule has 1 unspecified atom stereocenters. The van der Waals surface area contributed by atoms with Gasteiger partial charge >= 0.3 is 0 Å². The van der Waals surface area contributed by atoms with Gasteiger partial charge in [0, 0.05) is 0 Å². The van der Waals surface area contributed by atoms with Crippen LogP contribution in [0.2, 0.25) is 0 Å². The number of rotatable bonds is 2. The van der Waals surface area contributed by atoms with Crippen LogP contribution >= 0.6 is 0 Å². The predicted octanol–water partition coefficient (Wildman–Crippen LogP) is 0.528. The monoisotopic (exact) mass is 130 g/mol. The Labute approximate surface area is 55.5 Å². The van der Waals surface area contributed by atoms with Crippen molar-refractivity contribution in [2.75, 3.05) is 0 Å². The third kappa shape index (κ3) is 1.43. The minimum atomic E-state index is -0.173. The SMILES string of the molecule is CCC(O)C1CC(O)C1. The van der Waals surface area contributed by atoms with Gasteiger partial charge < -0.3 is 10.2 Å². The van der Waals surface area contributed by atoms with Crippen molar-refractivity contribution >= 4 is 0 Å². The van der Waals surface area contributed by atoms with Gasteiger partial charge in [-0.25, -0.2) is 0 Å². The molecule has 1 saturated carbocycles. The van der Waals surface area contributed by atoms with E-state index in [2.05, 4.69) is 0 Å². The maximum Gasteiger partial charge on any atom is 0.0567 e. The van der Waals surface area contributed by atoms with Crippen molar-refractivity contribution in [3.8, 4) is 0 Å². The zero-order chi connectivity index (χ0) is 6.85. The molecule has 0 saturated heterocycles. The fourth-order valence-corrected chi connectivity index (χ4v) is 1.28. The van der Waals surface area contributed by atoms with Gasteiger partial charge in [-0.3, -0.25) is 0 Å². The summed E-state index contributed by atoms with van der Waals surface area (Å²) in [4.78, 5) is 0. The van der Waals surface area contributed by atoms with Crippen LogP contribution in [0.3, 0.4) is 0 Å². The van der Waals surface area contributed by atoms with E-state index in [4.69, 9.17) is 5.11 Å². The molecule has 2 N–H and O–H groups in total. The standard InChI is InChI=1S/C7H14O2/c1-2-7(9)5-3-6(8)4-5/h5-9H,2-4H2,1H3. The minimum Gasteiger partial charge on any atom is -0.393 e. The summed E-state index contributed by atoms with van der Waals surface area (Å²) in [6.07, 6.45) is 2.12. The lowest BCUT2D eigenvalue weighted by atomic mass is 9.78. The maximum atomic E-state index is 9.18. The summed E-state index contributed by atoms with van der Waals surface area (Å²) in [5.41, 5.74) is 0. The molecule has 0 aromatic rings. The Morgan fingerprint density at radius 2 is 2.11 bits per heavy atom. The fourth-order valence-electron chi connectivity index (χ4n) is 1.28. The lowest BCUT2D eigenvalue weighted by Gasteiger charge is -2.34. The van der Waals surface area contributed by atoms with E-state index in [1.54, 1.807) is 0 Å². The molecule has 0 bridgehead atoms. The van der Waals surface area contributed by atoms with Crippen molar-refractivity contribution < 1.29 is 10.2 Å². The summed E-state index contributed by atoms with van der Waals surface area (Å²) < 4.78 is 0. The van der Waals surface area contributed by atoms with Gasteiger partial charge in [0.1, 0.15) is 0 Å². The summed E-state index contributed by atoms with van der Waals surface area (Å²) in [5.74, 6) is 0.380. The Balaban J connectivity index is 2.15. The third-order valence-corrected chi connectivity index (χ3v) is 2.11. The second-order valence-corrected chi connectivity index (χ2v) is 2.86. The first-order chi connectivity index (χ1) is 4.24. The van der Waals surface area contributed by atoms with Crippen molar-refractivity contribution in [3.63, 3.8) is 0 Å². The van der Waals surface area contributed by atoms with Crippen LogP contribution in [-0.4, -0.2) is 22.4 Å². The molecule has 1 atom stereocenters. The topological polar surface area (TPSA) is 40.5 Å². The molecule has 2 nitrogen and oxygen atoms in total. The number of aliphatic hydroxyl groups excluding tert-OH is 2. The van der Waals surface area contributed by atoms with Gasteiger partial charge in [-0.05, 0) is 25.2 Å². The van der Waals surface area contributed by atoms with Gasteiger partial charge in [0.05, 0.1) is 12.2 Å². The summed E-state index contributed by atoms with van der Waals surface area (Å²) in [5, 5.41) is 18.0. The quantitative estimate of drug-likeness (QED) is 0.572. The molecule has 0 aromatic heterocycles. The van der Waals surface area contributed by atoms with Gasteiger partial charge in [-0.15, -0.1) is 0 Å². The Morgan fingerprint density at radius 3 is 2.44 bits per heavy atom. The van der Waals surface area contributed by atoms with E-state index in [1.807, 2.05) is 6.92 Å². The molecule has 9 heavy (non-hydrogen) atoms. The second kappa shape index (κ2) is 2.67. The smallest absolute Gasteiger partial charge is 0.0567 e. The highest BCUT2D eigenvalue weighted by atomic mass is 16.3. The van der Waals surface area contributed by atoms with Crippen LogP contribution in [0, 0.1) is 5.92 Å². The van der Waals surface area contributed by atoms with Crippen molar-refractivity contribution in [2.45, 2.75) is 38.4 Å². The van der Waals surface area contributed by atoms with E-state index in [9.17, 15) is 5.11 Å². The molecule has 1 rings (SSSR count). The molecule has 1 aliphatic carbocycles. The maximum absolute atomic E-state index is 9.18. The van der Waals surface area contributed by atoms with Gasteiger partial charge in [-0.2, -0.15) is 0 Å². The molecule has 1 fully saturated rings. The second-order valence-electron chi connectivity index (χ2n) is 2.86. The summed E-state index contributed by atoms with van der Waals surface area (Å²) in [6, 6.07) is 0. The summed E-state index contributed by atoms with van der Waals surface area (Å²) >= 11 is 0. The van der Waals surface area contributed by atoms with Gasteiger partial charge in [-0.1, -0.05) is 6.92 Å². The third-order valence-electron chi connectivity index (χ3n) is 2.11. The molecule has 0 radical (unpaired) electrons. The Kier molecular flexibility index (Phi) is 2.09. The Bertz CT molecular complexity index is 86.9. The molecule has 0 heterocycles. The van der Waals surface area contributed by atoms with Crippen LogP contribution < -0.4 is 0 Å². The Hall–Kier alpha value is -0.0800. The largest absolute Gasteiger partial charge is 0.393 e. The fraction of sp³-hybridized carbons (Fsp3) is 1.00. The van der Waals surface area contributed by atoms with Gasteiger partial charge in [0.2, 0.25) is 0 Å². The molecule has 0 aromatic carbocycles. The molecule has 0 aliphatic heterocycles. The number of hydrogen-bond donors (Lipinski definition) is 2. The average molecular weight is 130 g/mol. The zero-order valence-electron chi connectivity index (χ0n) is 5.75. The average Bonchev–Trinajstić information content (AvgIpc) is 1.79. The molecule has 2 heteroatoms. The first-order valence-electron chi connectivity index (χ1n) is 3.60. The van der Waals surface area contributed by atoms with Crippen LogP contribution in [0.4, 0.5) is 0 Å². The number of aliphatic hydroxyl groups is 2. The highest BCUT2D eigenvalue weighted by Crippen LogP contribution is 2.31. The predicted molar refractivity (Wildman–Crippen MR) is 35.0 cm³/mol. The number of hydrogen-bond acceptors (Lipinski definition) is 2. The zero-order valence-corrected chi connectivity index (χ0v) is 5.75. The normalized spacial score (nSPS) is 37.7. The van der Waals surface area contributed by atoms with Crippen molar-refractivity contribution in [2.24, 2.45) is 5.92 Å². The van der Waals surface area contributed by atoms with Crippen LogP contribution in [0.25, 0.3) is 0 Å². The van der Waals surface area contributed by atoms with E-state index in [0.717, 1.165) is 19.3 Å². The van der Waals surface area contributed by atoms with Crippen LogP contribution in [0.15, 0.2) is 0 Å². The van der Waals surface area contributed by atoms with Crippen molar-refractivity contribution in [1.82, 2.24) is 0 Å². The van der Waals surface area contributed by atoms with E-state index in [0.29, 0.717) is 5.92 Å². The van der Waals surface area contributed by atoms with E-state index in [-0.39, 0.29) is 12.2 Å². The lowest BCUT2D eigenvalue weighted by Crippen LogP contribution is -2.36. The van der Waals surface area contributed by atoms with Crippen molar-refractivity contribution in [1.29, 1.82) is 0 Å². The first kappa shape index (κ1) is 7.03. The summed E-state index contributed by atoms with van der Waals surface area (Å²) in [7, 11) is 0. The highest BCUT2D eigenvalue weighted by Gasteiger charge is 2.31. The van der Waals surface area contributed by atoms with Gasteiger partial charge in [0.15, 0.2) is 0 Å². The van der Waals surface area contributed by atoms with Gasteiger partial charge in [0.25, 0.3) is 0 Å². The minimum absolute atomic E-state index is 0.129. The van der Waals surface area contributed by atoms with Crippen LogP contribution in [0.5, 0.6) is 0 Å². The Morgan fingerprint density at radius 1 is 1.56 bits per heavy atom. The molecular formula is C7H14O2. The van der Waals surface area contributed by atoms with Crippen LogP contribution in [0.1, 0.15) is 26.2 Å².